The van der Waals surface area contributed by atoms with Gasteiger partial charge in [0.1, 0.15) is 11.6 Å². The van der Waals surface area contributed by atoms with E-state index >= 15 is 0 Å². The highest BCUT2D eigenvalue weighted by Crippen LogP contribution is 2.16. The van der Waals surface area contributed by atoms with E-state index in [4.69, 9.17) is 4.42 Å². The minimum atomic E-state index is -3.50. The smallest absolute Gasteiger partial charge is 0.275 e. The Morgan fingerprint density at radius 3 is 2.76 bits per heavy atom. The molecule has 7 nitrogen and oxygen atoms in total. The number of rotatable bonds is 7. The van der Waals surface area contributed by atoms with E-state index in [2.05, 4.69) is 10.3 Å². The Morgan fingerprint density at radius 2 is 2.14 bits per heavy atom. The lowest BCUT2D eigenvalue weighted by Crippen LogP contribution is -2.21. The van der Waals surface area contributed by atoms with Crippen LogP contribution in [-0.4, -0.2) is 42.9 Å². The van der Waals surface area contributed by atoms with Gasteiger partial charge in [-0.25, -0.2) is 17.7 Å². The van der Waals surface area contributed by atoms with Gasteiger partial charge in [0.05, 0.1) is 6.54 Å². The first-order valence-corrected chi connectivity index (χ1v) is 8.03. The lowest BCUT2D eigenvalue weighted by molar-refractivity contribution is 0.389. The van der Waals surface area contributed by atoms with Crippen LogP contribution in [0.15, 0.2) is 34.0 Å². The number of imidazole rings is 1. The molecule has 8 heteroatoms. The Bertz CT molecular complexity index is 688. The van der Waals surface area contributed by atoms with Gasteiger partial charge >= 0.3 is 0 Å². The summed E-state index contributed by atoms with van der Waals surface area (Å²) in [4.78, 5) is 4.23. The SMILES string of the molecule is CN(C)S(=O)(=O)c1ccc(CNCCc2nccn2C)o1. The molecule has 116 valence electrons. The molecule has 0 saturated carbocycles. The molecule has 1 N–H and O–H groups in total. The molecule has 0 aliphatic carbocycles. The van der Waals surface area contributed by atoms with Crippen molar-refractivity contribution in [3.63, 3.8) is 0 Å². The highest BCUT2D eigenvalue weighted by Gasteiger charge is 2.21. The van der Waals surface area contributed by atoms with Crippen molar-refractivity contribution < 1.29 is 12.8 Å². The van der Waals surface area contributed by atoms with Crippen molar-refractivity contribution in [1.29, 1.82) is 0 Å². The highest BCUT2D eigenvalue weighted by atomic mass is 32.2. The van der Waals surface area contributed by atoms with Gasteiger partial charge in [-0.15, -0.1) is 0 Å². The summed E-state index contributed by atoms with van der Waals surface area (Å²) in [7, 11) is 1.40. The molecule has 2 aromatic heterocycles. The van der Waals surface area contributed by atoms with Gasteiger partial charge in [0, 0.05) is 46.5 Å². The molecule has 2 heterocycles. The van der Waals surface area contributed by atoms with E-state index in [1.165, 1.54) is 20.2 Å². The molecule has 0 aliphatic heterocycles. The summed E-state index contributed by atoms with van der Waals surface area (Å²) in [5.41, 5.74) is 0. The Kier molecular flexibility index (Phi) is 4.81. The number of nitrogens with one attached hydrogen (secondary N) is 1. The summed E-state index contributed by atoms with van der Waals surface area (Å²) >= 11 is 0. The average Bonchev–Trinajstić information content (AvgIpc) is 3.04. The van der Waals surface area contributed by atoms with Crippen LogP contribution in [0.3, 0.4) is 0 Å². The predicted molar refractivity (Wildman–Crippen MR) is 78.2 cm³/mol. The maximum absolute atomic E-state index is 11.9. The first-order chi connectivity index (χ1) is 9.91. The summed E-state index contributed by atoms with van der Waals surface area (Å²) in [5, 5.41) is 3.17. The fourth-order valence-corrected chi connectivity index (χ4v) is 2.63. The van der Waals surface area contributed by atoms with Crippen LogP contribution in [0.1, 0.15) is 11.6 Å². The van der Waals surface area contributed by atoms with Crippen molar-refractivity contribution in [2.75, 3.05) is 20.6 Å². The molecule has 0 aliphatic rings. The molecule has 21 heavy (non-hydrogen) atoms. The quantitative estimate of drug-likeness (QED) is 0.757. The van der Waals surface area contributed by atoms with Crippen LogP contribution >= 0.6 is 0 Å². The fourth-order valence-electron chi connectivity index (χ4n) is 1.82. The van der Waals surface area contributed by atoms with Crippen LogP contribution in [0.2, 0.25) is 0 Å². The van der Waals surface area contributed by atoms with Crippen LogP contribution < -0.4 is 5.32 Å². The third kappa shape index (κ3) is 3.72. The normalized spacial score (nSPS) is 12.2. The summed E-state index contributed by atoms with van der Waals surface area (Å²) < 4.78 is 32.2. The van der Waals surface area contributed by atoms with Crippen LogP contribution in [0.25, 0.3) is 0 Å². The molecule has 0 bridgehead atoms. The number of aromatic nitrogens is 2. The minimum absolute atomic E-state index is 0.0339. The van der Waals surface area contributed by atoms with E-state index in [1.807, 2.05) is 17.8 Å². The average molecular weight is 312 g/mol. The molecule has 0 fully saturated rings. The molecule has 0 aromatic carbocycles. The Morgan fingerprint density at radius 1 is 1.38 bits per heavy atom. The summed E-state index contributed by atoms with van der Waals surface area (Å²) in [6, 6.07) is 3.15. The lowest BCUT2D eigenvalue weighted by Gasteiger charge is -2.08. The Balaban J connectivity index is 1.85. The Hall–Kier alpha value is -1.64. The number of hydrogen-bond acceptors (Lipinski definition) is 5. The zero-order chi connectivity index (χ0) is 15.5. The molecule has 2 aromatic rings. The van der Waals surface area contributed by atoms with E-state index in [1.54, 1.807) is 12.3 Å². The van der Waals surface area contributed by atoms with Gasteiger partial charge in [-0.1, -0.05) is 0 Å². The zero-order valence-electron chi connectivity index (χ0n) is 12.4. The molecular weight excluding hydrogens is 292 g/mol. The molecule has 0 radical (unpaired) electrons. The van der Waals surface area contributed by atoms with E-state index in [-0.39, 0.29) is 5.09 Å². The maximum Gasteiger partial charge on any atom is 0.275 e. The Labute approximate surface area is 124 Å². The first-order valence-electron chi connectivity index (χ1n) is 6.59. The van der Waals surface area contributed by atoms with Gasteiger partial charge in [0.15, 0.2) is 0 Å². The second-order valence-corrected chi connectivity index (χ2v) is 6.97. The van der Waals surface area contributed by atoms with Crippen molar-refractivity contribution in [3.05, 3.63) is 36.1 Å². The van der Waals surface area contributed by atoms with E-state index in [9.17, 15) is 8.42 Å². The summed E-state index contributed by atoms with van der Waals surface area (Å²) in [6.07, 6.45) is 4.47. The standard InChI is InChI=1S/C13H20N4O3S/c1-16(2)21(18,19)13-5-4-11(20-13)10-14-7-6-12-15-8-9-17(12)3/h4-5,8-9,14H,6-7,10H2,1-3H3. The second-order valence-electron chi connectivity index (χ2n) is 4.89. The largest absolute Gasteiger partial charge is 0.447 e. The molecule has 0 spiro atoms. The van der Waals surface area contributed by atoms with Crippen molar-refractivity contribution in [2.24, 2.45) is 7.05 Å². The monoisotopic (exact) mass is 312 g/mol. The van der Waals surface area contributed by atoms with Crippen LogP contribution in [-0.2, 0) is 30.0 Å². The van der Waals surface area contributed by atoms with E-state index < -0.39 is 10.0 Å². The van der Waals surface area contributed by atoms with Crippen LogP contribution in [0.5, 0.6) is 0 Å². The lowest BCUT2D eigenvalue weighted by atomic mass is 10.4. The molecule has 0 saturated heterocycles. The topological polar surface area (TPSA) is 80.4 Å². The molecule has 0 amide bonds. The summed E-state index contributed by atoms with van der Waals surface area (Å²) in [6.45, 7) is 1.22. The van der Waals surface area contributed by atoms with Gasteiger partial charge in [0.25, 0.3) is 10.0 Å². The fraction of sp³-hybridized carbons (Fsp3) is 0.462. The zero-order valence-corrected chi connectivity index (χ0v) is 13.2. The van der Waals surface area contributed by atoms with E-state index in [0.29, 0.717) is 12.3 Å². The molecule has 2 rings (SSSR count). The van der Waals surface area contributed by atoms with Gasteiger partial charge in [-0.05, 0) is 12.1 Å². The van der Waals surface area contributed by atoms with Crippen molar-refractivity contribution >= 4 is 10.0 Å². The third-order valence-corrected chi connectivity index (χ3v) is 4.81. The molecule has 0 atom stereocenters. The van der Waals surface area contributed by atoms with Gasteiger partial charge in [-0.2, -0.15) is 0 Å². The number of aryl methyl sites for hydroxylation is 1. The van der Waals surface area contributed by atoms with Crippen molar-refractivity contribution in [3.8, 4) is 0 Å². The molecule has 0 unspecified atom stereocenters. The van der Waals surface area contributed by atoms with Crippen LogP contribution in [0, 0.1) is 0 Å². The van der Waals surface area contributed by atoms with Crippen LogP contribution in [0.4, 0.5) is 0 Å². The third-order valence-electron chi connectivity index (χ3n) is 3.12. The van der Waals surface area contributed by atoms with Gasteiger partial charge in [-0.3, -0.25) is 0 Å². The van der Waals surface area contributed by atoms with E-state index in [0.717, 1.165) is 23.1 Å². The number of hydrogen-bond donors (Lipinski definition) is 1. The van der Waals surface area contributed by atoms with Crippen molar-refractivity contribution in [2.45, 2.75) is 18.1 Å². The number of nitrogens with zero attached hydrogens (tertiary/aromatic N) is 3. The number of furan rings is 1. The van der Waals surface area contributed by atoms with Crippen molar-refractivity contribution in [1.82, 2.24) is 19.2 Å². The maximum atomic E-state index is 11.9. The van der Waals surface area contributed by atoms with Gasteiger partial charge < -0.3 is 14.3 Å². The highest BCUT2D eigenvalue weighted by molar-refractivity contribution is 7.88. The van der Waals surface area contributed by atoms with Gasteiger partial charge in [0.2, 0.25) is 5.09 Å². The minimum Gasteiger partial charge on any atom is -0.447 e. The second kappa shape index (κ2) is 6.42. The first kappa shape index (κ1) is 15.7. The summed E-state index contributed by atoms with van der Waals surface area (Å²) in [5.74, 6) is 1.59. The predicted octanol–water partition coefficient (Wildman–Crippen LogP) is 0.596. The molecular formula is C13H20N4O3S. The number of sulfonamides is 1.